The number of phenols is 1. The summed E-state index contributed by atoms with van der Waals surface area (Å²) in [5, 5.41) is 9.36. The maximum Gasteiger partial charge on any atom is 0.247 e. The zero-order chi connectivity index (χ0) is 11.0. The van der Waals surface area contributed by atoms with Crippen molar-refractivity contribution in [1.29, 1.82) is 0 Å². The van der Waals surface area contributed by atoms with Crippen molar-refractivity contribution in [2.75, 3.05) is 0 Å². The van der Waals surface area contributed by atoms with Crippen LogP contribution in [0.25, 0.3) is 22.7 Å². The molecule has 1 N–H and O–H groups in total. The van der Waals surface area contributed by atoms with E-state index in [1.807, 2.05) is 12.1 Å². The number of fused-ring (bicyclic) bond motifs is 1. The summed E-state index contributed by atoms with van der Waals surface area (Å²) in [6.45, 7) is 0. The Morgan fingerprint density at radius 1 is 1.12 bits per heavy atom. The number of phenolic OH excluding ortho intramolecular Hbond substituents is 1. The third kappa shape index (κ3) is 1.40. The molecule has 3 aromatic rings. The van der Waals surface area contributed by atoms with Gasteiger partial charge in [0.25, 0.3) is 0 Å². The van der Waals surface area contributed by atoms with Crippen LogP contribution < -0.4 is 0 Å². The fourth-order valence-corrected chi connectivity index (χ4v) is 1.53. The van der Waals surface area contributed by atoms with Crippen molar-refractivity contribution in [3.8, 4) is 17.2 Å². The first kappa shape index (κ1) is 8.91. The van der Waals surface area contributed by atoms with Gasteiger partial charge in [0.2, 0.25) is 11.6 Å². The summed E-state index contributed by atoms with van der Waals surface area (Å²) in [5.74, 6) is 0.650. The molecular weight excluding hydrogens is 204 g/mol. The molecule has 0 aliphatic carbocycles. The van der Waals surface area contributed by atoms with Gasteiger partial charge in [0.05, 0.1) is 0 Å². The number of rotatable bonds is 1. The van der Waals surface area contributed by atoms with Crippen LogP contribution in [0.1, 0.15) is 0 Å². The van der Waals surface area contributed by atoms with Crippen LogP contribution in [-0.4, -0.2) is 15.1 Å². The van der Waals surface area contributed by atoms with Crippen LogP contribution in [0, 0.1) is 0 Å². The molecule has 0 aliphatic rings. The van der Waals surface area contributed by atoms with Crippen LogP contribution in [0.4, 0.5) is 0 Å². The average Bonchev–Trinajstić information content (AvgIpc) is 2.72. The predicted molar refractivity (Wildman–Crippen MR) is 58.9 cm³/mol. The molecule has 0 spiro atoms. The first-order valence-electron chi connectivity index (χ1n) is 4.84. The number of hydrogen-bond donors (Lipinski definition) is 1. The second-order valence-corrected chi connectivity index (χ2v) is 3.40. The van der Waals surface area contributed by atoms with Gasteiger partial charge >= 0.3 is 0 Å². The SMILES string of the molecule is Oc1cccc(-c2nc3cccnc3o2)c1. The molecule has 4 nitrogen and oxygen atoms in total. The largest absolute Gasteiger partial charge is 0.508 e. The van der Waals surface area contributed by atoms with E-state index in [9.17, 15) is 5.11 Å². The number of aromatic hydroxyl groups is 1. The molecule has 0 atom stereocenters. The maximum atomic E-state index is 9.36. The van der Waals surface area contributed by atoms with Crippen LogP contribution in [0.15, 0.2) is 47.0 Å². The van der Waals surface area contributed by atoms with Gasteiger partial charge in [-0.1, -0.05) is 6.07 Å². The van der Waals surface area contributed by atoms with Gasteiger partial charge in [-0.15, -0.1) is 0 Å². The van der Waals surface area contributed by atoms with E-state index < -0.39 is 0 Å². The molecule has 1 aromatic carbocycles. The minimum absolute atomic E-state index is 0.188. The van der Waals surface area contributed by atoms with Gasteiger partial charge < -0.3 is 9.52 Å². The van der Waals surface area contributed by atoms with Gasteiger partial charge in [-0.2, -0.15) is 0 Å². The molecular formula is C12H8N2O2. The Bertz CT molecular complexity index is 613. The Morgan fingerprint density at radius 2 is 2.06 bits per heavy atom. The van der Waals surface area contributed by atoms with Crippen molar-refractivity contribution in [1.82, 2.24) is 9.97 Å². The van der Waals surface area contributed by atoms with Crippen LogP contribution in [0.2, 0.25) is 0 Å². The van der Waals surface area contributed by atoms with E-state index in [1.54, 1.807) is 30.5 Å². The van der Waals surface area contributed by atoms with E-state index in [4.69, 9.17) is 4.42 Å². The van der Waals surface area contributed by atoms with Gasteiger partial charge in [0.15, 0.2) is 0 Å². The summed E-state index contributed by atoms with van der Waals surface area (Å²) in [4.78, 5) is 8.34. The number of nitrogens with zero attached hydrogens (tertiary/aromatic N) is 2. The lowest BCUT2D eigenvalue weighted by atomic mass is 10.2. The van der Waals surface area contributed by atoms with Crippen molar-refractivity contribution in [2.24, 2.45) is 0 Å². The average molecular weight is 212 g/mol. The quantitative estimate of drug-likeness (QED) is 0.673. The highest BCUT2D eigenvalue weighted by Gasteiger charge is 2.08. The smallest absolute Gasteiger partial charge is 0.247 e. The standard InChI is InChI=1S/C12H8N2O2/c15-9-4-1-3-8(7-9)11-14-10-5-2-6-13-12(10)16-11/h1-7,15H. The van der Waals surface area contributed by atoms with E-state index >= 15 is 0 Å². The molecule has 4 heteroatoms. The van der Waals surface area contributed by atoms with Gasteiger partial charge in [0, 0.05) is 11.8 Å². The predicted octanol–water partition coefficient (Wildman–Crippen LogP) is 2.60. The molecule has 16 heavy (non-hydrogen) atoms. The zero-order valence-electron chi connectivity index (χ0n) is 8.29. The second kappa shape index (κ2) is 3.34. The number of pyridine rings is 1. The number of benzene rings is 1. The van der Waals surface area contributed by atoms with E-state index in [-0.39, 0.29) is 5.75 Å². The first-order chi connectivity index (χ1) is 7.83. The van der Waals surface area contributed by atoms with E-state index in [0.717, 1.165) is 5.56 Å². The molecule has 2 aromatic heterocycles. The highest BCUT2D eigenvalue weighted by Crippen LogP contribution is 2.25. The minimum atomic E-state index is 0.188. The Balaban J connectivity index is 2.19. The summed E-state index contributed by atoms with van der Waals surface area (Å²) in [7, 11) is 0. The third-order valence-corrected chi connectivity index (χ3v) is 2.26. The second-order valence-electron chi connectivity index (χ2n) is 3.40. The third-order valence-electron chi connectivity index (χ3n) is 2.26. The van der Waals surface area contributed by atoms with Crippen molar-refractivity contribution in [3.05, 3.63) is 42.6 Å². The Labute approximate surface area is 91.2 Å². The van der Waals surface area contributed by atoms with Gasteiger partial charge in [-0.25, -0.2) is 9.97 Å². The molecule has 3 rings (SSSR count). The molecule has 78 valence electrons. The Morgan fingerprint density at radius 3 is 2.88 bits per heavy atom. The van der Waals surface area contributed by atoms with Crippen molar-refractivity contribution < 1.29 is 9.52 Å². The summed E-state index contributed by atoms with van der Waals surface area (Å²) < 4.78 is 5.48. The van der Waals surface area contributed by atoms with Crippen LogP contribution in [0.5, 0.6) is 5.75 Å². The lowest BCUT2D eigenvalue weighted by molar-refractivity contribution is 0.475. The Kier molecular flexibility index (Phi) is 1.86. The first-order valence-corrected chi connectivity index (χ1v) is 4.84. The highest BCUT2D eigenvalue weighted by atomic mass is 16.4. The molecule has 0 aliphatic heterocycles. The number of aromatic nitrogens is 2. The highest BCUT2D eigenvalue weighted by molar-refractivity contribution is 5.72. The van der Waals surface area contributed by atoms with Crippen LogP contribution in [0.3, 0.4) is 0 Å². The summed E-state index contributed by atoms with van der Waals surface area (Å²) >= 11 is 0. The molecule has 0 bridgehead atoms. The van der Waals surface area contributed by atoms with Crippen LogP contribution >= 0.6 is 0 Å². The topological polar surface area (TPSA) is 59.2 Å². The summed E-state index contributed by atoms with van der Waals surface area (Å²) in [6, 6.07) is 10.4. The van der Waals surface area contributed by atoms with Crippen LogP contribution in [-0.2, 0) is 0 Å². The maximum absolute atomic E-state index is 9.36. The van der Waals surface area contributed by atoms with E-state index in [1.165, 1.54) is 0 Å². The summed E-state index contributed by atoms with van der Waals surface area (Å²) in [6.07, 6.45) is 1.65. The van der Waals surface area contributed by atoms with E-state index in [0.29, 0.717) is 17.1 Å². The van der Waals surface area contributed by atoms with Gasteiger partial charge in [0.1, 0.15) is 11.3 Å². The molecule has 0 amide bonds. The summed E-state index contributed by atoms with van der Waals surface area (Å²) in [5.41, 5.74) is 1.94. The van der Waals surface area contributed by atoms with Crippen molar-refractivity contribution in [2.45, 2.75) is 0 Å². The molecule has 0 unspecified atom stereocenters. The van der Waals surface area contributed by atoms with Crippen molar-refractivity contribution >= 4 is 11.2 Å². The lowest BCUT2D eigenvalue weighted by Crippen LogP contribution is -1.75. The zero-order valence-corrected chi connectivity index (χ0v) is 8.29. The molecule has 0 saturated heterocycles. The molecule has 2 heterocycles. The normalized spacial score (nSPS) is 10.8. The van der Waals surface area contributed by atoms with E-state index in [2.05, 4.69) is 9.97 Å². The number of hydrogen-bond acceptors (Lipinski definition) is 4. The molecule has 0 saturated carbocycles. The lowest BCUT2D eigenvalue weighted by Gasteiger charge is -1.94. The molecule has 0 fully saturated rings. The van der Waals surface area contributed by atoms with Gasteiger partial charge in [-0.05, 0) is 30.3 Å². The fraction of sp³-hybridized carbons (Fsp3) is 0. The van der Waals surface area contributed by atoms with Crippen molar-refractivity contribution in [3.63, 3.8) is 0 Å². The van der Waals surface area contributed by atoms with Gasteiger partial charge in [-0.3, -0.25) is 0 Å². The minimum Gasteiger partial charge on any atom is -0.508 e. The Hall–Kier alpha value is -2.36. The fourth-order valence-electron chi connectivity index (χ4n) is 1.53. The molecule has 0 radical (unpaired) electrons. The number of oxazole rings is 1. The monoisotopic (exact) mass is 212 g/mol.